The summed E-state index contributed by atoms with van der Waals surface area (Å²) in [5.74, 6) is -0.793. The van der Waals surface area contributed by atoms with Crippen molar-refractivity contribution < 1.29 is 9.59 Å². The summed E-state index contributed by atoms with van der Waals surface area (Å²) in [5, 5.41) is 22.8. The second-order valence-corrected chi connectivity index (χ2v) is 7.21. The van der Waals surface area contributed by atoms with Crippen molar-refractivity contribution in [1.29, 1.82) is 5.26 Å². The molecule has 148 valence electrons. The minimum atomic E-state index is -0.464. The number of aromatic nitrogens is 4. The lowest BCUT2D eigenvalue weighted by molar-refractivity contribution is 0.0930. The van der Waals surface area contributed by atoms with E-state index in [2.05, 4.69) is 20.6 Å². The Morgan fingerprint density at radius 3 is 2.72 bits per heavy atom. The highest BCUT2D eigenvalue weighted by atomic mass is 35.5. The van der Waals surface area contributed by atoms with Crippen molar-refractivity contribution in [1.82, 2.24) is 25.3 Å². The molecule has 0 aliphatic rings. The molecule has 3 aromatic rings. The first-order valence-corrected chi connectivity index (χ1v) is 9.35. The van der Waals surface area contributed by atoms with Crippen molar-refractivity contribution >= 4 is 34.9 Å². The molecule has 1 amide bonds. The first-order chi connectivity index (χ1) is 13.8. The minimum absolute atomic E-state index is 0.00118. The molecule has 2 heterocycles. The smallest absolute Gasteiger partial charge is 0.271 e. The van der Waals surface area contributed by atoms with Gasteiger partial charge in [0, 0.05) is 24.7 Å². The molecule has 10 heteroatoms. The zero-order valence-electron chi connectivity index (χ0n) is 15.5. The number of benzene rings is 1. The van der Waals surface area contributed by atoms with E-state index in [1.807, 2.05) is 19.1 Å². The molecule has 0 saturated carbocycles. The second-order valence-electron chi connectivity index (χ2n) is 6.42. The van der Waals surface area contributed by atoms with Crippen molar-refractivity contribution in [2.45, 2.75) is 26.4 Å². The van der Waals surface area contributed by atoms with E-state index in [1.165, 1.54) is 6.92 Å². The van der Waals surface area contributed by atoms with Gasteiger partial charge in [0.15, 0.2) is 5.78 Å². The van der Waals surface area contributed by atoms with Gasteiger partial charge in [0.25, 0.3) is 5.91 Å². The average Bonchev–Trinajstić information content (AvgIpc) is 3.28. The van der Waals surface area contributed by atoms with E-state index in [1.54, 1.807) is 29.1 Å². The number of hydrogen-bond acceptors (Lipinski definition) is 5. The van der Waals surface area contributed by atoms with Gasteiger partial charge in [-0.1, -0.05) is 29.3 Å². The van der Waals surface area contributed by atoms with Gasteiger partial charge in [-0.3, -0.25) is 19.4 Å². The van der Waals surface area contributed by atoms with E-state index >= 15 is 0 Å². The van der Waals surface area contributed by atoms with Crippen molar-refractivity contribution in [3.05, 3.63) is 57.5 Å². The summed E-state index contributed by atoms with van der Waals surface area (Å²) in [6, 6.07) is 8.65. The molecule has 2 aromatic heterocycles. The molecule has 0 fully saturated rings. The minimum Gasteiger partial charge on any atom is -0.346 e. The number of aromatic amines is 1. The number of H-pyrrole nitrogens is 1. The maximum Gasteiger partial charge on any atom is 0.271 e. The predicted octanol–water partition coefficient (Wildman–Crippen LogP) is 3.47. The molecular weight excluding hydrogens is 415 g/mol. The van der Waals surface area contributed by atoms with Gasteiger partial charge in [-0.2, -0.15) is 15.5 Å². The number of nitrogens with one attached hydrogen (secondary N) is 2. The molecule has 1 atom stereocenters. The second kappa shape index (κ2) is 8.47. The van der Waals surface area contributed by atoms with Gasteiger partial charge < -0.3 is 5.32 Å². The van der Waals surface area contributed by atoms with Crippen molar-refractivity contribution in [3.8, 4) is 17.3 Å². The van der Waals surface area contributed by atoms with Crippen molar-refractivity contribution in [3.63, 3.8) is 0 Å². The number of nitrogens with zero attached hydrogens (tertiary/aromatic N) is 4. The van der Waals surface area contributed by atoms with Crippen LogP contribution in [0.5, 0.6) is 0 Å². The number of ketones is 1. The number of carbonyl (C=O) groups is 2. The van der Waals surface area contributed by atoms with Crippen LogP contribution in [0, 0.1) is 11.3 Å². The van der Waals surface area contributed by atoms with Crippen LogP contribution >= 0.6 is 23.2 Å². The Kier molecular flexibility index (Phi) is 6.01. The van der Waals surface area contributed by atoms with Gasteiger partial charge in [-0.25, -0.2) is 0 Å². The molecule has 29 heavy (non-hydrogen) atoms. The third-order valence-electron chi connectivity index (χ3n) is 4.13. The molecule has 0 bridgehead atoms. The Hall–Kier alpha value is -3.15. The van der Waals surface area contributed by atoms with Crippen LogP contribution in [0.1, 0.15) is 40.4 Å². The van der Waals surface area contributed by atoms with Crippen LogP contribution in [0.3, 0.4) is 0 Å². The van der Waals surface area contributed by atoms with Crippen LogP contribution < -0.4 is 5.32 Å². The lowest BCUT2D eigenvalue weighted by atomic mass is 10.1. The molecule has 0 radical (unpaired) electrons. The fraction of sp³-hybridized carbons (Fsp3) is 0.211. The van der Waals surface area contributed by atoms with Crippen LogP contribution in [0.15, 0.2) is 30.5 Å². The fourth-order valence-corrected chi connectivity index (χ4v) is 3.24. The Balaban J connectivity index is 1.67. The van der Waals surface area contributed by atoms with Gasteiger partial charge in [-0.05, 0) is 25.1 Å². The highest BCUT2D eigenvalue weighted by Gasteiger charge is 2.21. The standard InChI is InChI=1S/C19H16Cl2N6O2/c1-10(23-19(29)18-16(21)17(11(2)28)24-25-18)9-27-6-5-15(26-27)12-3-4-13(8-22)14(20)7-12/h3-7,10H,9H2,1-2H3,(H,23,29)(H,24,25)/t10-/m0/s1. The summed E-state index contributed by atoms with van der Waals surface area (Å²) in [4.78, 5) is 23.8. The van der Waals surface area contributed by atoms with Gasteiger partial charge >= 0.3 is 0 Å². The molecule has 0 spiro atoms. The zero-order chi connectivity index (χ0) is 21.1. The van der Waals surface area contributed by atoms with E-state index in [-0.39, 0.29) is 28.2 Å². The van der Waals surface area contributed by atoms with Gasteiger partial charge in [-0.15, -0.1) is 0 Å². The van der Waals surface area contributed by atoms with E-state index in [0.29, 0.717) is 22.8 Å². The zero-order valence-corrected chi connectivity index (χ0v) is 17.0. The highest BCUT2D eigenvalue weighted by Crippen LogP contribution is 2.24. The number of rotatable bonds is 6. The number of amides is 1. The summed E-state index contributed by atoms with van der Waals surface area (Å²) >= 11 is 12.1. The average molecular weight is 431 g/mol. The van der Waals surface area contributed by atoms with E-state index in [0.717, 1.165) is 5.56 Å². The van der Waals surface area contributed by atoms with Crippen LogP contribution in [0.2, 0.25) is 10.0 Å². The largest absolute Gasteiger partial charge is 0.346 e. The SMILES string of the molecule is CC(=O)c1n[nH]c(C(=O)N[C@@H](C)Cn2ccc(-c3ccc(C#N)c(Cl)c3)n2)c1Cl. The Labute approximate surface area is 176 Å². The first kappa shape index (κ1) is 20.6. The molecule has 1 aromatic carbocycles. The van der Waals surface area contributed by atoms with Crippen LogP contribution in [0.4, 0.5) is 0 Å². The Morgan fingerprint density at radius 1 is 1.34 bits per heavy atom. The summed E-state index contributed by atoms with van der Waals surface area (Å²) in [5.41, 5.74) is 1.94. The van der Waals surface area contributed by atoms with Gasteiger partial charge in [0.1, 0.15) is 22.5 Å². The molecule has 2 N–H and O–H groups in total. The monoisotopic (exact) mass is 430 g/mol. The van der Waals surface area contributed by atoms with Crippen molar-refractivity contribution in [2.24, 2.45) is 0 Å². The number of halogens is 2. The maximum absolute atomic E-state index is 12.4. The van der Waals surface area contributed by atoms with E-state index < -0.39 is 5.91 Å². The summed E-state index contributed by atoms with van der Waals surface area (Å²) in [7, 11) is 0. The molecule has 0 aliphatic heterocycles. The lowest BCUT2D eigenvalue weighted by Crippen LogP contribution is -2.36. The summed E-state index contributed by atoms with van der Waals surface area (Å²) in [6.45, 7) is 3.54. The third kappa shape index (κ3) is 4.47. The van der Waals surface area contributed by atoms with Crippen LogP contribution in [-0.2, 0) is 6.54 Å². The molecule has 0 aliphatic carbocycles. The third-order valence-corrected chi connectivity index (χ3v) is 4.81. The Morgan fingerprint density at radius 2 is 2.10 bits per heavy atom. The molecule has 8 nitrogen and oxygen atoms in total. The molecular formula is C19H16Cl2N6O2. The number of carbonyl (C=O) groups excluding carboxylic acids is 2. The highest BCUT2D eigenvalue weighted by molar-refractivity contribution is 6.36. The maximum atomic E-state index is 12.4. The molecule has 0 unspecified atom stereocenters. The fourth-order valence-electron chi connectivity index (χ4n) is 2.72. The van der Waals surface area contributed by atoms with Crippen LogP contribution in [0.25, 0.3) is 11.3 Å². The molecule has 3 rings (SSSR count). The topological polar surface area (TPSA) is 116 Å². The first-order valence-electron chi connectivity index (χ1n) is 8.59. The summed E-state index contributed by atoms with van der Waals surface area (Å²) < 4.78 is 1.68. The van der Waals surface area contributed by atoms with Crippen LogP contribution in [-0.4, -0.2) is 37.7 Å². The van der Waals surface area contributed by atoms with Crippen molar-refractivity contribution in [2.75, 3.05) is 0 Å². The summed E-state index contributed by atoms with van der Waals surface area (Å²) in [6.07, 6.45) is 1.78. The van der Waals surface area contributed by atoms with Gasteiger partial charge in [0.05, 0.1) is 22.8 Å². The van der Waals surface area contributed by atoms with E-state index in [9.17, 15) is 9.59 Å². The number of nitriles is 1. The van der Waals surface area contributed by atoms with Gasteiger partial charge in [0.2, 0.25) is 0 Å². The number of hydrogen-bond donors (Lipinski definition) is 2. The number of Topliss-reactive ketones (excluding diaryl/α,β-unsaturated/α-hetero) is 1. The molecule has 0 saturated heterocycles. The Bertz CT molecular complexity index is 1130. The quantitative estimate of drug-likeness (QED) is 0.580. The normalized spacial score (nSPS) is 11.7. The predicted molar refractivity (Wildman–Crippen MR) is 108 cm³/mol. The lowest BCUT2D eigenvalue weighted by Gasteiger charge is -2.13. The van der Waals surface area contributed by atoms with E-state index in [4.69, 9.17) is 28.5 Å².